The lowest BCUT2D eigenvalue weighted by molar-refractivity contribution is 0.449. The Morgan fingerprint density at radius 1 is 0.700 bits per heavy atom. The smallest absolute Gasteiger partial charge is 0.0526 e. The molecule has 1 nitrogen and oxygen atoms in total. The molecule has 0 saturated carbocycles. The zero-order chi connectivity index (χ0) is 21.3. The van der Waals surface area contributed by atoms with E-state index in [0.717, 1.165) is 11.8 Å². The fourth-order valence-electron chi connectivity index (χ4n) is 4.58. The van der Waals surface area contributed by atoms with E-state index in [2.05, 4.69) is 69.4 Å². The standard InChI is InChI=1S/C28H41NS/c1-5-9-11-21(7-3)17-23-13-15-25-27(19-23)30-28-20-24(14-16-26(28)29-25)18-22(8-4)12-10-6-2/h13-16,19-22,29H,5-12,17-18H2,1-4H3. The van der Waals surface area contributed by atoms with E-state index in [1.54, 1.807) is 0 Å². The number of hydrogen-bond donors (Lipinski definition) is 1. The maximum atomic E-state index is 3.68. The molecular weight excluding hydrogens is 382 g/mol. The van der Waals surface area contributed by atoms with Crippen molar-refractivity contribution >= 4 is 23.1 Å². The van der Waals surface area contributed by atoms with Crippen LogP contribution in [-0.2, 0) is 12.8 Å². The average Bonchev–Trinajstić information content (AvgIpc) is 2.77. The Morgan fingerprint density at radius 2 is 1.17 bits per heavy atom. The van der Waals surface area contributed by atoms with Gasteiger partial charge in [0.15, 0.2) is 0 Å². The maximum absolute atomic E-state index is 3.68. The molecule has 1 heterocycles. The molecule has 0 saturated heterocycles. The maximum Gasteiger partial charge on any atom is 0.0526 e. The van der Waals surface area contributed by atoms with Crippen molar-refractivity contribution in [3.63, 3.8) is 0 Å². The summed E-state index contributed by atoms with van der Waals surface area (Å²) in [5.41, 5.74) is 5.52. The Morgan fingerprint density at radius 3 is 1.57 bits per heavy atom. The van der Waals surface area contributed by atoms with Gasteiger partial charge in [-0.1, -0.05) is 103 Å². The van der Waals surface area contributed by atoms with Crippen molar-refractivity contribution in [2.24, 2.45) is 11.8 Å². The number of nitrogens with one attached hydrogen (secondary N) is 1. The highest BCUT2D eigenvalue weighted by atomic mass is 32.2. The summed E-state index contributed by atoms with van der Waals surface area (Å²) in [6.45, 7) is 9.28. The molecule has 2 aromatic carbocycles. The monoisotopic (exact) mass is 423 g/mol. The summed E-state index contributed by atoms with van der Waals surface area (Å²) in [6.07, 6.45) is 13.0. The Hall–Kier alpha value is -1.41. The average molecular weight is 424 g/mol. The molecule has 1 N–H and O–H groups in total. The van der Waals surface area contributed by atoms with Crippen LogP contribution < -0.4 is 5.32 Å². The van der Waals surface area contributed by atoms with Crippen molar-refractivity contribution in [1.29, 1.82) is 0 Å². The molecule has 0 fully saturated rings. The first-order valence-electron chi connectivity index (χ1n) is 12.4. The normalized spacial score (nSPS) is 14.5. The molecule has 1 aliphatic heterocycles. The number of anilines is 2. The molecule has 164 valence electrons. The summed E-state index contributed by atoms with van der Waals surface area (Å²) in [5, 5.41) is 3.68. The zero-order valence-electron chi connectivity index (χ0n) is 19.6. The van der Waals surface area contributed by atoms with Crippen LogP contribution in [0.4, 0.5) is 11.4 Å². The summed E-state index contributed by atoms with van der Waals surface area (Å²) in [7, 11) is 0. The second-order valence-electron chi connectivity index (χ2n) is 9.13. The largest absolute Gasteiger partial charge is 0.354 e. The third-order valence-corrected chi connectivity index (χ3v) is 7.83. The van der Waals surface area contributed by atoms with Crippen LogP contribution in [-0.4, -0.2) is 0 Å². The summed E-state index contributed by atoms with van der Waals surface area (Å²) < 4.78 is 0. The van der Waals surface area contributed by atoms with Crippen molar-refractivity contribution < 1.29 is 0 Å². The Bertz CT molecular complexity index is 732. The Labute approximate surface area is 189 Å². The second-order valence-corrected chi connectivity index (χ2v) is 10.2. The molecule has 2 heteroatoms. The van der Waals surface area contributed by atoms with Gasteiger partial charge in [-0.25, -0.2) is 0 Å². The molecule has 0 amide bonds. The molecule has 0 aliphatic carbocycles. The van der Waals surface area contributed by atoms with Gasteiger partial charge >= 0.3 is 0 Å². The molecule has 3 rings (SSSR count). The molecule has 2 unspecified atom stereocenters. The lowest BCUT2D eigenvalue weighted by Gasteiger charge is -2.23. The highest BCUT2D eigenvalue weighted by Crippen LogP contribution is 2.45. The fourth-order valence-corrected chi connectivity index (χ4v) is 5.70. The topological polar surface area (TPSA) is 12.0 Å². The number of benzene rings is 2. The van der Waals surface area contributed by atoms with Crippen LogP contribution in [0.25, 0.3) is 0 Å². The molecule has 30 heavy (non-hydrogen) atoms. The van der Waals surface area contributed by atoms with Gasteiger partial charge in [-0.15, -0.1) is 0 Å². The van der Waals surface area contributed by atoms with Crippen LogP contribution in [0.3, 0.4) is 0 Å². The van der Waals surface area contributed by atoms with Crippen molar-refractivity contribution in [2.75, 3.05) is 5.32 Å². The van der Waals surface area contributed by atoms with Gasteiger partial charge < -0.3 is 5.32 Å². The van der Waals surface area contributed by atoms with E-state index < -0.39 is 0 Å². The van der Waals surface area contributed by atoms with Gasteiger partial charge in [0.25, 0.3) is 0 Å². The first-order valence-corrected chi connectivity index (χ1v) is 13.2. The van der Waals surface area contributed by atoms with E-state index in [1.165, 1.54) is 96.5 Å². The van der Waals surface area contributed by atoms with Crippen molar-refractivity contribution in [3.8, 4) is 0 Å². The van der Waals surface area contributed by atoms with Gasteiger partial charge in [-0.05, 0) is 60.1 Å². The number of fused-ring (bicyclic) bond motifs is 2. The molecule has 0 radical (unpaired) electrons. The molecule has 0 spiro atoms. The van der Waals surface area contributed by atoms with E-state index in [1.807, 2.05) is 11.8 Å². The Balaban J connectivity index is 1.70. The van der Waals surface area contributed by atoms with E-state index in [0.29, 0.717) is 0 Å². The number of unbranched alkanes of at least 4 members (excludes halogenated alkanes) is 2. The Kier molecular flexibility index (Phi) is 9.18. The first-order chi connectivity index (χ1) is 14.7. The second kappa shape index (κ2) is 11.8. The number of rotatable bonds is 12. The van der Waals surface area contributed by atoms with Crippen LogP contribution >= 0.6 is 11.8 Å². The van der Waals surface area contributed by atoms with Crippen LogP contribution in [0.1, 0.15) is 90.2 Å². The van der Waals surface area contributed by atoms with Gasteiger partial charge in [0.05, 0.1) is 11.4 Å². The van der Waals surface area contributed by atoms with Crippen LogP contribution in [0.15, 0.2) is 46.2 Å². The molecule has 0 aromatic heterocycles. The quantitative estimate of drug-likeness (QED) is 0.311. The lowest BCUT2D eigenvalue weighted by atomic mass is 9.92. The number of hydrogen-bond acceptors (Lipinski definition) is 2. The van der Waals surface area contributed by atoms with E-state index >= 15 is 0 Å². The van der Waals surface area contributed by atoms with E-state index in [9.17, 15) is 0 Å². The van der Waals surface area contributed by atoms with Crippen molar-refractivity contribution in [1.82, 2.24) is 0 Å². The highest BCUT2D eigenvalue weighted by Gasteiger charge is 2.18. The highest BCUT2D eigenvalue weighted by molar-refractivity contribution is 7.99. The van der Waals surface area contributed by atoms with Crippen molar-refractivity contribution in [2.45, 2.75) is 102 Å². The molecule has 1 aliphatic rings. The van der Waals surface area contributed by atoms with Crippen LogP contribution in [0.5, 0.6) is 0 Å². The summed E-state index contributed by atoms with van der Waals surface area (Å²) in [6, 6.07) is 14.1. The predicted octanol–water partition coefficient (Wildman–Crippen LogP) is 9.41. The molecule has 2 aromatic rings. The van der Waals surface area contributed by atoms with Crippen molar-refractivity contribution in [3.05, 3.63) is 47.5 Å². The van der Waals surface area contributed by atoms with Gasteiger partial charge in [-0.3, -0.25) is 0 Å². The van der Waals surface area contributed by atoms with Gasteiger partial charge in [0.1, 0.15) is 0 Å². The zero-order valence-corrected chi connectivity index (χ0v) is 20.4. The third kappa shape index (κ3) is 6.30. The van der Waals surface area contributed by atoms with Gasteiger partial charge in [-0.2, -0.15) is 0 Å². The SMILES string of the molecule is CCCCC(CC)Cc1ccc2c(c1)Sc1cc(CC(CC)CCCC)ccc1N2. The molecule has 0 bridgehead atoms. The minimum Gasteiger partial charge on any atom is -0.354 e. The minimum atomic E-state index is 0.817. The minimum absolute atomic E-state index is 0.817. The first kappa shape index (κ1) is 23.3. The van der Waals surface area contributed by atoms with Gasteiger partial charge in [0.2, 0.25) is 0 Å². The summed E-state index contributed by atoms with van der Waals surface area (Å²) >= 11 is 1.95. The van der Waals surface area contributed by atoms with Gasteiger partial charge in [0, 0.05) is 9.79 Å². The third-order valence-electron chi connectivity index (χ3n) is 6.72. The van der Waals surface area contributed by atoms with E-state index in [-0.39, 0.29) is 0 Å². The molecule has 2 atom stereocenters. The van der Waals surface area contributed by atoms with Crippen LogP contribution in [0, 0.1) is 11.8 Å². The van der Waals surface area contributed by atoms with Crippen LogP contribution in [0.2, 0.25) is 0 Å². The predicted molar refractivity (Wildman–Crippen MR) is 134 cm³/mol. The summed E-state index contributed by atoms with van der Waals surface area (Å²) in [4.78, 5) is 2.78. The fraction of sp³-hybridized carbons (Fsp3) is 0.571. The summed E-state index contributed by atoms with van der Waals surface area (Å²) in [5.74, 6) is 1.63. The lowest BCUT2D eigenvalue weighted by Crippen LogP contribution is -2.06. The molecular formula is C28H41NS. The van der Waals surface area contributed by atoms with E-state index in [4.69, 9.17) is 0 Å².